The highest BCUT2D eigenvalue weighted by molar-refractivity contribution is 5.73. The quantitative estimate of drug-likeness (QED) is 0.845. The van der Waals surface area contributed by atoms with Crippen molar-refractivity contribution in [3.8, 4) is 0 Å². The Labute approximate surface area is 123 Å². The number of rotatable bonds is 3. The normalized spacial score (nSPS) is 25.0. The first-order valence-corrected chi connectivity index (χ1v) is 7.98. The van der Waals surface area contributed by atoms with Crippen LogP contribution in [-0.4, -0.2) is 80.1 Å². The van der Waals surface area contributed by atoms with Gasteiger partial charge in [0.2, 0.25) is 0 Å². The van der Waals surface area contributed by atoms with Gasteiger partial charge in [0.1, 0.15) is 0 Å². The first kappa shape index (κ1) is 15.6. The van der Waals surface area contributed by atoms with Crippen molar-refractivity contribution in [1.82, 2.24) is 20.0 Å². The second-order valence-corrected chi connectivity index (χ2v) is 6.48. The molecule has 2 rings (SSSR count). The van der Waals surface area contributed by atoms with E-state index in [1.165, 1.54) is 25.8 Å². The number of amides is 2. The Balaban J connectivity index is 1.73. The van der Waals surface area contributed by atoms with Crippen LogP contribution in [0.2, 0.25) is 0 Å². The van der Waals surface area contributed by atoms with Crippen molar-refractivity contribution in [2.45, 2.75) is 44.2 Å². The maximum atomic E-state index is 11.9. The molecule has 0 aromatic heterocycles. The zero-order valence-electron chi connectivity index (χ0n) is 13.3. The van der Waals surface area contributed by atoms with Crippen LogP contribution in [-0.2, 0) is 0 Å². The lowest BCUT2D eigenvalue weighted by molar-refractivity contribution is 0.113. The number of likely N-dealkylation sites (tertiary alicyclic amines) is 1. The van der Waals surface area contributed by atoms with Gasteiger partial charge in [0.25, 0.3) is 0 Å². The summed E-state index contributed by atoms with van der Waals surface area (Å²) in [5.41, 5.74) is 0. The lowest BCUT2D eigenvalue weighted by Gasteiger charge is -2.39. The predicted octanol–water partition coefficient (Wildman–Crippen LogP) is 1.21. The summed E-state index contributed by atoms with van der Waals surface area (Å²) in [5.74, 6) is 0. The standard InChI is InChI=1S/C15H30N4O/c1-17(2)15(20)19-10-7-14(8-11-19)18(3)12-13-6-4-5-9-16-13/h13-14,16H,4-12H2,1-3H3. The molecule has 2 saturated heterocycles. The SMILES string of the molecule is CN(C)C(=O)N1CCC(N(C)CC2CCCCN2)CC1. The average Bonchev–Trinajstić information content (AvgIpc) is 2.47. The third-order valence-electron chi connectivity index (χ3n) is 4.66. The summed E-state index contributed by atoms with van der Waals surface area (Å²) in [6.07, 6.45) is 6.19. The van der Waals surface area contributed by atoms with Crippen molar-refractivity contribution in [1.29, 1.82) is 0 Å². The molecule has 2 aliphatic heterocycles. The van der Waals surface area contributed by atoms with Crippen LogP contribution >= 0.6 is 0 Å². The molecule has 5 heteroatoms. The zero-order valence-corrected chi connectivity index (χ0v) is 13.3. The fourth-order valence-corrected chi connectivity index (χ4v) is 3.36. The van der Waals surface area contributed by atoms with Crippen LogP contribution in [0.1, 0.15) is 32.1 Å². The third-order valence-corrected chi connectivity index (χ3v) is 4.66. The number of carbonyl (C=O) groups excluding carboxylic acids is 1. The Morgan fingerprint density at radius 2 is 1.85 bits per heavy atom. The lowest BCUT2D eigenvalue weighted by atomic mass is 10.0. The Bertz CT molecular complexity index is 307. The van der Waals surface area contributed by atoms with E-state index in [4.69, 9.17) is 0 Å². The summed E-state index contributed by atoms with van der Waals surface area (Å²) in [5, 5.41) is 3.62. The monoisotopic (exact) mass is 282 g/mol. The van der Waals surface area contributed by atoms with E-state index in [2.05, 4.69) is 17.3 Å². The molecule has 1 atom stereocenters. The molecule has 0 aliphatic carbocycles. The number of nitrogens with one attached hydrogen (secondary N) is 1. The minimum absolute atomic E-state index is 0.153. The van der Waals surface area contributed by atoms with Crippen LogP contribution in [0.15, 0.2) is 0 Å². The van der Waals surface area contributed by atoms with E-state index in [9.17, 15) is 4.79 Å². The van der Waals surface area contributed by atoms with E-state index < -0.39 is 0 Å². The fraction of sp³-hybridized carbons (Fsp3) is 0.933. The summed E-state index contributed by atoms with van der Waals surface area (Å²) in [7, 11) is 5.90. The third kappa shape index (κ3) is 4.09. The molecule has 0 radical (unpaired) electrons. The molecule has 0 aromatic rings. The van der Waals surface area contributed by atoms with Crippen molar-refractivity contribution >= 4 is 6.03 Å². The van der Waals surface area contributed by atoms with Crippen molar-refractivity contribution in [2.75, 3.05) is 47.3 Å². The van der Waals surface area contributed by atoms with Crippen LogP contribution in [0.3, 0.4) is 0 Å². The van der Waals surface area contributed by atoms with Gasteiger partial charge in [-0.2, -0.15) is 0 Å². The smallest absolute Gasteiger partial charge is 0.319 e. The first-order valence-electron chi connectivity index (χ1n) is 7.98. The molecule has 0 saturated carbocycles. The molecule has 1 N–H and O–H groups in total. The van der Waals surface area contributed by atoms with E-state index in [0.29, 0.717) is 12.1 Å². The minimum Gasteiger partial charge on any atom is -0.331 e. The molecule has 116 valence electrons. The largest absolute Gasteiger partial charge is 0.331 e. The highest BCUT2D eigenvalue weighted by Crippen LogP contribution is 2.18. The molecular formula is C15H30N4O. The molecule has 2 fully saturated rings. The number of hydrogen-bond acceptors (Lipinski definition) is 3. The molecule has 5 nitrogen and oxygen atoms in total. The van der Waals surface area contributed by atoms with Crippen LogP contribution < -0.4 is 5.32 Å². The summed E-state index contributed by atoms with van der Waals surface area (Å²) < 4.78 is 0. The number of nitrogens with zero attached hydrogens (tertiary/aromatic N) is 3. The summed E-state index contributed by atoms with van der Waals surface area (Å²) in [6.45, 7) is 4.11. The molecule has 0 bridgehead atoms. The first-order chi connectivity index (χ1) is 9.58. The summed E-state index contributed by atoms with van der Waals surface area (Å²) in [6, 6.07) is 1.44. The maximum Gasteiger partial charge on any atom is 0.319 e. The van der Waals surface area contributed by atoms with Gasteiger partial charge < -0.3 is 20.0 Å². The Morgan fingerprint density at radius 3 is 2.40 bits per heavy atom. The second kappa shape index (κ2) is 7.27. The molecular weight excluding hydrogens is 252 g/mol. The highest BCUT2D eigenvalue weighted by atomic mass is 16.2. The average molecular weight is 282 g/mol. The lowest BCUT2D eigenvalue weighted by Crippen LogP contribution is -2.51. The van der Waals surface area contributed by atoms with Gasteiger partial charge in [-0.15, -0.1) is 0 Å². The van der Waals surface area contributed by atoms with Gasteiger partial charge >= 0.3 is 6.03 Å². The van der Waals surface area contributed by atoms with Crippen LogP contribution in [0.4, 0.5) is 4.79 Å². The molecule has 2 aliphatic rings. The second-order valence-electron chi connectivity index (χ2n) is 6.48. The number of likely N-dealkylation sites (N-methyl/N-ethyl adjacent to an activating group) is 1. The predicted molar refractivity (Wildman–Crippen MR) is 81.9 cm³/mol. The molecule has 1 unspecified atom stereocenters. The summed E-state index contributed by atoms with van der Waals surface area (Å²) in [4.78, 5) is 18.1. The molecule has 0 spiro atoms. The Hall–Kier alpha value is -0.810. The molecule has 2 heterocycles. The Kier molecular flexibility index (Phi) is 5.66. The van der Waals surface area contributed by atoms with Crippen molar-refractivity contribution < 1.29 is 4.79 Å². The zero-order chi connectivity index (χ0) is 14.5. The van der Waals surface area contributed by atoms with Crippen LogP contribution in [0.5, 0.6) is 0 Å². The van der Waals surface area contributed by atoms with Crippen LogP contribution in [0, 0.1) is 0 Å². The summed E-state index contributed by atoms with van der Waals surface area (Å²) >= 11 is 0. The van der Waals surface area contributed by atoms with Crippen molar-refractivity contribution in [2.24, 2.45) is 0 Å². The van der Waals surface area contributed by atoms with Gasteiger partial charge in [-0.05, 0) is 39.3 Å². The van der Waals surface area contributed by atoms with Crippen LogP contribution in [0.25, 0.3) is 0 Å². The van der Waals surface area contributed by atoms with Crippen molar-refractivity contribution in [3.05, 3.63) is 0 Å². The maximum absolute atomic E-state index is 11.9. The van der Waals surface area contributed by atoms with Gasteiger partial charge in [-0.3, -0.25) is 0 Å². The van der Waals surface area contributed by atoms with E-state index in [-0.39, 0.29) is 6.03 Å². The van der Waals surface area contributed by atoms with E-state index in [1.54, 1.807) is 4.90 Å². The number of hydrogen-bond donors (Lipinski definition) is 1. The molecule has 0 aromatic carbocycles. The highest BCUT2D eigenvalue weighted by Gasteiger charge is 2.27. The number of carbonyl (C=O) groups is 1. The van der Waals surface area contributed by atoms with Gasteiger partial charge in [0.05, 0.1) is 0 Å². The number of piperidine rings is 2. The molecule has 20 heavy (non-hydrogen) atoms. The van der Waals surface area contributed by atoms with Gasteiger partial charge in [-0.1, -0.05) is 6.42 Å². The van der Waals surface area contributed by atoms with E-state index in [0.717, 1.165) is 32.5 Å². The Morgan fingerprint density at radius 1 is 1.15 bits per heavy atom. The van der Waals surface area contributed by atoms with Gasteiger partial charge in [-0.25, -0.2) is 4.79 Å². The van der Waals surface area contributed by atoms with E-state index in [1.807, 2.05) is 19.0 Å². The van der Waals surface area contributed by atoms with Gasteiger partial charge in [0.15, 0.2) is 0 Å². The fourth-order valence-electron chi connectivity index (χ4n) is 3.36. The topological polar surface area (TPSA) is 38.8 Å². The van der Waals surface area contributed by atoms with Gasteiger partial charge in [0, 0.05) is 45.8 Å². The molecule has 2 amide bonds. The number of urea groups is 1. The minimum atomic E-state index is 0.153. The van der Waals surface area contributed by atoms with E-state index >= 15 is 0 Å². The van der Waals surface area contributed by atoms with Crippen molar-refractivity contribution in [3.63, 3.8) is 0 Å².